The second-order valence-electron chi connectivity index (χ2n) is 4.04. The number of hydrogen-bond acceptors (Lipinski definition) is 2. The van der Waals surface area contributed by atoms with Crippen molar-refractivity contribution in [3.05, 3.63) is 64.2 Å². The minimum Gasteiger partial charge on any atom is -0.294 e. The Bertz CT molecular complexity index is 581. The molecule has 0 aliphatic heterocycles. The van der Waals surface area contributed by atoms with E-state index < -0.39 is 0 Å². The molecular formula is C14H11ClFNO. The van der Waals surface area contributed by atoms with Crippen molar-refractivity contribution in [2.24, 2.45) is 0 Å². The zero-order chi connectivity index (χ0) is 13.1. The van der Waals surface area contributed by atoms with Crippen LogP contribution < -0.4 is 0 Å². The van der Waals surface area contributed by atoms with Gasteiger partial charge in [-0.3, -0.25) is 4.79 Å². The molecule has 0 spiro atoms. The summed E-state index contributed by atoms with van der Waals surface area (Å²) in [4.78, 5) is 15.8. The topological polar surface area (TPSA) is 30.0 Å². The Morgan fingerprint density at radius 1 is 1.33 bits per heavy atom. The van der Waals surface area contributed by atoms with E-state index in [1.807, 2.05) is 0 Å². The average molecular weight is 264 g/mol. The molecule has 2 aromatic rings. The van der Waals surface area contributed by atoms with Crippen LogP contribution in [0.2, 0.25) is 5.15 Å². The number of carbonyl (C=O) groups excluding carboxylic acids is 1. The molecule has 1 aromatic heterocycles. The Morgan fingerprint density at radius 3 is 2.72 bits per heavy atom. The summed E-state index contributed by atoms with van der Waals surface area (Å²) in [6.45, 7) is 1.78. The van der Waals surface area contributed by atoms with Crippen molar-refractivity contribution in [2.45, 2.75) is 13.3 Å². The van der Waals surface area contributed by atoms with Crippen LogP contribution in [-0.2, 0) is 6.42 Å². The second-order valence-corrected chi connectivity index (χ2v) is 4.43. The van der Waals surface area contributed by atoms with Gasteiger partial charge in [0.2, 0.25) is 0 Å². The summed E-state index contributed by atoms with van der Waals surface area (Å²) in [7, 11) is 0. The standard InChI is InChI=1S/C14H11ClFNO/c1-9-6-12(16)4-2-10(9)7-13(18)11-3-5-14(15)17-8-11/h2-6,8H,7H2,1H3. The van der Waals surface area contributed by atoms with Crippen molar-refractivity contribution in [3.63, 3.8) is 0 Å². The van der Waals surface area contributed by atoms with Gasteiger partial charge in [0.05, 0.1) is 0 Å². The fraction of sp³-hybridized carbons (Fsp3) is 0.143. The van der Waals surface area contributed by atoms with Crippen molar-refractivity contribution >= 4 is 17.4 Å². The molecule has 0 amide bonds. The van der Waals surface area contributed by atoms with Gasteiger partial charge in [0.1, 0.15) is 11.0 Å². The highest BCUT2D eigenvalue weighted by Gasteiger charge is 2.09. The van der Waals surface area contributed by atoms with Crippen LogP contribution in [0.5, 0.6) is 0 Å². The maximum absolute atomic E-state index is 12.9. The number of halogens is 2. The molecule has 0 bridgehead atoms. The minimum atomic E-state index is -0.295. The van der Waals surface area contributed by atoms with Crippen LogP contribution in [0.1, 0.15) is 21.5 Å². The summed E-state index contributed by atoms with van der Waals surface area (Å²) < 4.78 is 12.9. The molecule has 0 radical (unpaired) electrons. The quantitative estimate of drug-likeness (QED) is 0.625. The van der Waals surface area contributed by atoms with E-state index in [1.165, 1.54) is 18.3 Å². The van der Waals surface area contributed by atoms with Crippen LogP contribution in [0.3, 0.4) is 0 Å². The summed E-state index contributed by atoms with van der Waals surface area (Å²) in [6.07, 6.45) is 1.68. The molecule has 2 rings (SSSR count). The smallest absolute Gasteiger partial charge is 0.168 e. The third kappa shape index (κ3) is 2.93. The van der Waals surface area contributed by atoms with Gasteiger partial charge in [0.15, 0.2) is 5.78 Å². The number of hydrogen-bond donors (Lipinski definition) is 0. The van der Waals surface area contributed by atoms with Crippen molar-refractivity contribution in [1.29, 1.82) is 0 Å². The summed E-state index contributed by atoms with van der Waals surface area (Å²) in [5.41, 5.74) is 2.09. The lowest BCUT2D eigenvalue weighted by Gasteiger charge is -2.05. The molecule has 18 heavy (non-hydrogen) atoms. The Labute approximate surface area is 109 Å². The lowest BCUT2D eigenvalue weighted by atomic mass is 10.0. The zero-order valence-electron chi connectivity index (χ0n) is 9.78. The number of benzene rings is 1. The monoisotopic (exact) mass is 263 g/mol. The van der Waals surface area contributed by atoms with Gasteiger partial charge in [-0.15, -0.1) is 0 Å². The predicted octanol–water partition coefficient (Wildman–Crippen LogP) is 3.61. The Balaban J connectivity index is 2.18. The van der Waals surface area contributed by atoms with E-state index in [1.54, 1.807) is 25.1 Å². The van der Waals surface area contributed by atoms with Crippen molar-refractivity contribution < 1.29 is 9.18 Å². The van der Waals surface area contributed by atoms with Crippen LogP contribution in [0.4, 0.5) is 4.39 Å². The molecule has 0 N–H and O–H groups in total. The Morgan fingerprint density at radius 2 is 2.11 bits per heavy atom. The van der Waals surface area contributed by atoms with Crippen LogP contribution >= 0.6 is 11.6 Å². The van der Waals surface area contributed by atoms with Gasteiger partial charge in [-0.1, -0.05) is 17.7 Å². The molecule has 0 saturated carbocycles. The van der Waals surface area contributed by atoms with E-state index in [0.717, 1.165) is 11.1 Å². The van der Waals surface area contributed by atoms with Gasteiger partial charge in [0.25, 0.3) is 0 Å². The fourth-order valence-corrected chi connectivity index (χ4v) is 1.79. The van der Waals surface area contributed by atoms with Crippen LogP contribution in [0.25, 0.3) is 0 Å². The first-order valence-corrected chi connectivity index (χ1v) is 5.84. The van der Waals surface area contributed by atoms with E-state index in [2.05, 4.69) is 4.98 Å². The largest absolute Gasteiger partial charge is 0.294 e. The van der Waals surface area contributed by atoms with Gasteiger partial charge >= 0.3 is 0 Å². The number of aryl methyl sites for hydroxylation is 1. The molecule has 0 aliphatic carbocycles. The predicted molar refractivity (Wildman–Crippen MR) is 68.4 cm³/mol. The maximum atomic E-state index is 12.9. The first-order chi connectivity index (χ1) is 8.56. The highest BCUT2D eigenvalue weighted by Crippen LogP contribution is 2.14. The molecule has 0 saturated heterocycles. The molecule has 92 valence electrons. The summed E-state index contributed by atoms with van der Waals surface area (Å²) >= 11 is 5.66. The molecule has 0 unspecified atom stereocenters. The molecule has 4 heteroatoms. The maximum Gasteiger partial charge on any atom is 0.168 e. The lowest BCUT2D eigenvalue weighted by Crippen LogP contribution is -2.05. The number of Topliss-reactive ketones (excluding diaryl/α,β-unsaturated/α-hetero) is 1. The molecular weight excluding hydrogens is 253 g/mol. The molecule has 0 atom stereocenters. The summed E-state index contributed by atoms with van der Waals surface area (Å²) in [6, 6.07) is 7.62. The Hall–Kier alpha value is -1.74. The normalized spacial score (nSPS) is 10.4. The molecule has 0 aliphatic rings. The SMILES string of the molecule is Cc1cc(F)ccc1CC(=O)c1ccc(Cl)nc1. The first kappa shape index (κ1) is 12.7. The number of pyridine rings is 1. The number of aromatic nitrogens is 1. The second kappa shape index (κ2) is 5.27. The summed E-state index contributed by atoms with van der Waals surface area (Å²) in [5, 5.41) is 0.351. The third-order valence-electron chi connectivity index (χ3n) is 2.71. The van der Waals surface area contributed by atoms with Gasteiger partial charge in [-0.2, -0.15) is 0 Å². The molecule has 1 heterocycles. The van der Waals surface area contributed by atoms with Crippen molar-refractivity contribution in [2.75, 3.05) is 0 Å². The average Bonchev–Trinajstić information content (AvgIpc) is 2.33. The number of carbonyl (C=O) groups is 1. The highest BCUT2D eigenvalue weighted by molar-refractivity contribution is 6.29. The van der Waals surface area contributed by atoms with Crippen molar-refractivity contribution in [3.8, 4) is 0 Å². The fourth-order valence-electron chi connectivity index (χ4n) is 1.67. The first-order valence-electron chi connectivity index (χ1n) is 5.46. The lowest BCUT2D eigenvalue weighted by molar-refractivity contribution is 0.0992. The van der Waals surface area contributed by atoms with Gasteiger partial charge in [-0.05, 0) is 42.3 Å². The molecule has 0 fully saturated rings. The van der Waals surface area contributed by atoms with E-state index in [9.17, 15) is 9.18 Å². The van der Waals surface area contributed by atoms with E-state index in [0.29, 0.717) is 10.7 Å². The highest BCUT2D eigenvalue weighted by atomic mass is 35.5. The van der Waals surface area contributed by atoms with Gasteiger partial charge < -0.3 is 0 Å². The van der Waals surface area contributed by atoms with E-state index in [-0.39, 0.29) is 18.0 Å². The van der Waals surface area contributed by atoms with Gasteiger partial charge in [0, 0.05) is 18.2 Å². The number of rotatable bonds is 3. The van der Waals surface area contributed by atoms with E-state index in [4.69, 9.17) is 11.6 Å². The molecule has 1 aromatic carbocycles. The minimum absolute atomic E-state index is 0.0612. The van der Waals surface area contributed by atoms with Crippen LogP contribution in [-0.4, -0.2) is 10.8 Å². The van der Waals surface area contributed by atoms with E-state index >= 15 is 0 Å². The molecule has 2 nitrogen and oxygen atoms in total. The van der Waals surface area contributed by atoms with Crippen molar-refractivity contribution in [1.82, 2.24) is 4.98 Å². The number of ketones is 1. The number of nitrogens with zero attached hydrogens (tertiary/aromatic N) is 1. The summed E-state index contributed by atoms with van der Waals surface area (Å²) in [5.74, 6) is -0.356. The zero-order valence-corrected chi connectivity index (χ0v) is 10.5. The van der Waals surface area contributed by atoms with Crippen LogP contribution in [0, 0.1) is 12.7 Å². The third-order valence-corrected chi connectivity index (χ3v) is 2.93. The Kier molecular flexibility index (Phi) is 3.72. The van der Waals surface area contributed by atoms with Crippen LogP contribution in [0.15, 0.2) is 36.5 Å². The van der Waals surface area contributed by atoms with Gasteiger partial charge in [-0.25, -0.2) is 9.37 Å².